The summed E-state index contributed by atoms with van der Waals surface area (Å²) in [6, 6.07) is 0. The molecule has 456 valence electrons. The van der Waals surface area contributed by atoms with Crippen molar-refractivity contribution in [3.8, 4) is 0 Å². The molecule has 0 aliphatic rings. The maximum absolute atomic E-state index is 12.9. The molecule has 1 atom stereocenters. The first kappa shape index (κ1) is 75.8. The van der Waals surface area contributed by atoms with E-state index in [-0.39, 0.29) is 31.1 Å². The van der Waals surface area contributed by atoms with Crippen molar-refractivity contribution in [2.24, 2.45) is 0 Å². The van der Waals surface area contributed by atoms with Gasteiger partial charge in [0.25, 0.3) is 0 Å². The Kier molecular flexibility index (Phi) is 63.8. The van der Waals surface area contributed by atoms with Crippen molar-refractivity contribution < 1.29 is 28.6 Å². The summed E-state index contributed by atoms with van der Waals surface area (Å²) in [5.41, 5.74) is 0. The van der Waals surface area contributed by atoms with Gasteiger partial charge in [0.15, 0.2) is 6.10 Å². The number of unbranched alkanes of at least 4 members (excludes halogenated alkanes) is 29. The first-order valence-electron chi connectivity index (χ1n) is 33.5. The second-order valence-corrected chi connectivity index (χ2v) is 22.0. The molecular formula is C74H124O6. The van der Waals surface area contributed by atoms with Crippen molar-refractivity contribution >= 4 is 17.9 Å². The Balaban J connectivity index is 4.47. The molecule has 1 unspecified atom stereocenters. The van der Waals surface area contributed by atoms with E-state index >= 15 is 0 Å². The zero-order valence-electron chi connectivity index (χ0n) is 52.3. The van der Waals surface area contributed by atoms with Crippen LogP contribution in [0.2, 0.25) is 0 Å². The molecule has 0 amide bonds. The Morgan fingerprint density at radius 2 is 0.487 bits per heavy atom. The number of hydrogen-bond donors (Lipinski definition) is 0. The lowest BCUT2D eigenvalue weighted by atomic mass is 10.1. The van der Waals surface area contributed by atoms with Crippen molar-refractivity contribution in [1.29, 1.82) is 0 Å². The predicted molar refractivity (Wildman–Crippen MR) is 348 cm³/mol. The van der Waals surface area contributed by atoms with E-state index in [4.69, 9.17) is 14.2 Å². The molecule has 0 saturated heterocycles. The van der Waals surface area contributed by atoms with Crippen molar-refractivity contribution in [2.45, 2.75) is 316 Å². The van der Waals surface area contributed by atoms with Crippen LogP contribution in [0.1, 0.15) is 310 Å². The SMILES string of the molecule is CC/C=C\C/C=C\C/C=C\C/C=C\C/C=C\C/C=C\C/C=C\C/C=C\CCCCC(=O)OCC(COC(=O)CCCCCCCCC/C=C\CCCCCCCC)OC(=O)CCCCCCCCC/C=C\CCCCCCCCC. The molecule has 0 aromatic rings. The van der Waals surface area contributed by atoms with Gasteiger partial charge in [-0.05, 0) is 135 Å². The second-order valence-electron chi connectivity index (χ2n) is 22.0. The van der Waals surface area contributed by atoms with Gasteiger partial charge >= 0.3 is 17.9 Å². The number of rotatable bonds is 60. The van der Waals surface area contributed by atoms with Crippen LogP contribution in [0, 0.1) is 0 Å². The average Bonchev–Trinajstić information content (AvgIpc) is 3.46. The number of allylic oxidation sites excluding steroid dienone is 20. The molecule has 0 heterocycles. The monoisotopic (exact) mass is 1110 g/mol. The lowest BCUT2D eigenvalue weighted by Gasteiger charge is -2.18. The van der Waals surface area contributed by atoms with Gasteiger partial charge in [-0.2, -0.15) is 0 Å². The van der Waals surface area contributed by atoms with E-state index in [1.165, 1.54) is 161 Å². The van der Waals surface area contributed by atoms with Gasteiger partial charge in [-0.3, -0.25) is 14.4 Å². The Bertz CT molecular complexity index is 1650. The number of carbonyl (C=O) groups is 3. The lowest BCUT2D eigenvalue weighted by molar-refractivity contribution is -0.167. The molecule has 0 spiro atoms. The molecule has 0 N–H and O–H groups in total. The van der Waals surface area contributed by atoms with E-state index in [1.54, 1.807) is 0 Å². The molecule has 6 nitrogen and oxygen atoms in total. The van der Waals surface area contributed by atoms with Crippen LogP contribution in [-0.2, 0) is 28.6 Å². The first-order chi connectivity index (χ1) is 39.5. The zero-order chi connectivity index (χ0) is 57.8. The molecule has 0 saturated carbocycles. The molecule has 0 rings (SSSR count). The van der Waals surface area contributed by atoms with Gasteiger partial charge in [0, 0.05) is 19.3 Å². The minimum Gasteiger partial charge on any atom is -0.462 e. The smallest absolute Gasteiger partial charge is 0.306 e. The minimum absolute atomic E-state index is 0.0970. The minimum atomic E-state index is -0.805. The molecule has 0 fully saturated rings. The molecule has 80 heavy (non-hydrogen) atoms. The lowest BCUT2D eigenvalue weighted by Crippen LogP contribution is -2.30. The van der Waals surface area contributed by atoms with Crippen molar-refractivity contribution in [1.82, 2.24) is 0 Å². The average molecular weight is 1110 g/mol. The topological polar surface area (TPSA) is 78.9 Å². The summed E-state index contributed by atoms with van der Waals surface area (Å²) in [6.07, 6.45) is 93.5. The summed E-state index contributed by atoms with van der Waals surface area (Å²) in [5, 5.41) is 0. The molecular weight excluding hydrogens is 985 g/mol. The van der Waals surface area contributed by atoms with Gasteiger partial charge in [0.1, 0.15) is 13.2 Å². The van der Waals surface area contributed by atoms with Gasteiger partial charge in [0.2, 0.25) is 0 Å². The number of carbonyl (C=O) groups excluding carboxylic acids is 3. The Labute approximate surface area is 494 Å². The third-order valence-corrected chi connectivity index (χ3v) is 14.2. The van der Waals surface area contributed by atoms with E-state index < -0.39 is 6.10 Å². The Morgan fingerprint density at radius 1 is 0.263 bits per heavy atom. The quantitative estimate of drug-likeness (QED) is 0.0261. The number of ether oxygens (including phenoxy) is 3. The summed E-state index contributed by atoms with van der Waals surface area (Å²) in [4.78, 5) is 38.4. The third-order valence-electron chi connectivity index (χ3n) is 14.2. The van der Waals surface area contributed by atoms with Crippen LogP contribution in [0.5, 0.6) is 0 Å². The fourth-order valence-corrected chi connectivity index (χ4v) is 9.15. The van der Waals surface area contributed by atoms with Crippen LogP contribution in [0.3, 0.4) is 0 Å². The van der Waals surface area contributed by atoms with Crippen LogP contribution in [0.15, 0.2) is 122 Å². The molecule has 0 aromatic carbocycles. The van der Waals surface area contributed by atoms with E-state index in [0.717, 1.165) is 103 Å². The second kappa shape index (κ2) is 67.3. The molecule has 0 radical (unpaired) electrons. The highest BCUT2D eigenvalue weighted by Crippen LogP contribution is 2.15. The van der Waals surface area contributed by atoms with E-state index in [1.807, 2.05) is 0 Å². The van der Waals surface area contributed by atoms with Gasteiger partial charge in [0.05, 0.1) is 0 Å². The highest BCUT2D eigenvalue weighted by Gasteiger charge is 2.19. The molecule has 0 aromatic heterocycles. The summed E-state index contributed by atoms with van der Waals surface area (Å²) >= 11 is 0. The molecule has 0 aliphatic carbocycles. The Morgan fingerprint density at radius 3 is 0.800 bits per heavy atom. The first-order valence-corrected chi connectivity index (χ1v) is 33.5. The van der Waals surface area contributed by atoms with Gasteiger partial charge in [-0.25, -0.2) is 0 Å². The van der Waals surface area contributed by atoms with E-state index in [9.17, 15) is 14.4 Å². The fourth-order valence-electron chi connectivity index (χ4n) is 9.15. The van der Waals surface area contributed by atoms with Crippen molar-refractivity contribution in [3.05, 3.63) is 122 Å². The third kappa shape index (κ3) is 64.6. The highest BCUT2D eigenvalue weighted by atomic mass is 16.6. The predicted octanol–water partition coefficient (Wildman–Crippen LogP) is 23.2. The molecule has 0 bridgehead atoms. The molecule has 6 heteroatoms. The number of hydrogen-bond acceptors (Lipinski definition) is 6. The van der Waals surface area contributed by atoms with Gasteiger partial charge in [-0.15, -0.1) is 0 Å². The van der Waals surface area contributed by atoms with Crippen LogP contribution in [0.25, 0.3) is 0 Å². The number of esters is 3. The summed E-state index contributed by atoms with van der Waals surface area (Å²) in [7, 11) is 0. The van der Waals surface area contributed by atoms with Gasteiger partial charge < -0.3 is 14.2 Å². The normalized spacial score (nSPS) is 12.9. The van der Waals surface area contributed by atoms with Crippen molar-refractivity contribution in [2.75, 3.05) is 13.2 Å². The maximum atomic E-state index is 12.9. The fraction of sp³-hybridized carbons (Fsp3) is 0.689. The summed E-state index contributed by atoms with van der Waals surface area (Å²) in [6.45, 7) is 6.50. The summed E-state index contributed by atoms with van der Waals surface area (Å²) < 4.78 is 16.9. The van der Waals surface area contributed by atoms with Crippen LogP contribution < -0.4 is 0 Å². The maximum Gasteiger partial charge on any atom is 0.306 e. The summed E-state index contributed by atoms with van der Waals surface area (Å²) in [5.74, 6) is -0.943. The van der Waals surface area contributed by atoms with Crippen LogP contribution in [0.4, 0.5) is 0 Å². The van der Waals surface area contributed by atoms with E-state index in [2.05, 4.69) is 142 Å². The van der Waals surface area contributed by atoms with Crippen molar-refractivity contribution in [3.63, 3.8) is 0 Å². The van der Waals surface area contributed by atoms with Crippen LogP contribution >= 0.6 is 0 Å². The standard InChI is InChI=1S/C74H124O6/c1-4-7-10-13-16-19-22-25-28-31-33-34-35-36-37-38-39-40-41-44-46-49-52-55-58-61-64-67-73(76)79-70-71(69-78-72(75)66-63-60-57-54-51-48-45-42-30-27-24-21-18-15-12-9-6-3)80-74(77)68-65-62-59-56-53-50-47-43-32-29-26-23-20-17-14-11-8-5-2/h7,10,16,19,25,27-30,32-34,36-37,39-40,44,46,52,55,71H,4-6,8-9,11-15,17-18,20-24,26,31,35,38,41-43,45,47-51,53-54,56-70H2,1-3H3/b10-7-,19-16-,28-25-,30-27-,32-29-,34-33-,37-36-,40-39-,46-44-,55-52-. The zero-order valence-corrected chi connectivity index (χ0v) is 52.3. The highest BCUT2D eigenvalue weighted by molar-refractivity contribution is 5.71. The van der Waals surface area contributed by atoms with E-state index in [0.29, 0.717) is 25.7 Å². The van der Waals surface area contributed by atoms with Crippen LogP contribution in [-0.4, -0.2) is 37.2 Å². The van der Waals surface area contributed by atoms with Gasteiger partial charge in [-0.1, -0.05) is 277 Å². The largest absolute Gasteiger partial charge is 0.462 e. The molecule has 0 aliphatic heterocycles. The Hall–Kier alpha value is -4.19.